The molecule has 2 rings (SSSR count). The van der Waals surface area contributed by atoms with Crippen LogP contribution in [0.15, 0.2) is 29.3 Å². The van der Waals surface area contributed by atoms with Crippen molar-refractivity contribution >= 4 is 35.8 Å². The molecule has 1 unspecified atom stereocenters. The van der Waals surface area contributed by atoms with Gasteiger partial charge in [-0.05, 0) is 49.5 Å². The van der Waals surface area contributed by atoms with Crippen molar-refractivity contribution in [2.75, 3.05) is 53.9 Å². The molecule has 0 aromatic heterocycles. The van der Waals surface area contributed by atoms with Crippen LogP contribution in [0.2, 0.25) is 0 Å². The number of likely N-dealkylation sites (tertiary alicyclic amines) is 1. The van der Waals surface area contributed by atoms with Crippen molar-refractivity contribution in [3.05, 3.63) is 29.8 Å². The maximum absolute atomic E-state index is 11.7. The summed E-state index contributed by atoms with van der Waals surface area (Å²) in [6.45, 7) is 8.98. The van der Waals surface area contributed by atoms with Gasteiger partial charge in [-0.2, -0.15) is 0 Å². The quantitative estimate of drug-likeness (QED) is 0.284. The summed E-state index contributed by atoms with van der Waals surface area (Å²) >= 11 is 0. The molecular weight excluding hydrogens is 505 g/mol. The predicted molar refractivity (Wildman–Crippen MR) is 138 cm³/mol. The highest BCUT2D eigenvalue weighted by molar-refractivity contribution is 14.0. The van der Waals surface area contributed by atoms with Crippen LogP contribution in [0.4, 0.5) is 0 Å². The van der Waals surface area contributed by atoms with Gasteiger partial charge in [0.05, 0.1) is 13.2 Å². The zero-order valence-electron chi connectivity index (χ0n) is 19.7. The van der Waals surface area contributed by atoms with Crippen LogP contribution in [-0.2, 0) is 4.79 Å². The molecule has 0 bridgehead atoms. The topological polar surface area (TPSA) is 69.2 Å². The van der Waals surface area contributed by atoms with E-state index < -0.39 is 0 Å². The van der Waals surface area contributed by atoms with Crippen LogP contribution in [0.5, 0.6) is 5.75 Å². The summed E-state index contributed by atoms with van der Waals surface area (Å²) in [7, 11) is 5.26. The smallest absolute Gasteiger partial charge is 0.220 e. The second-order valence-electron chi connectivity index (χ2n) is 7.75. The second-order valence-corrected chi connectivity index (χ2v) is 7.75. The minimum Gasteiger partial charge on any atom is -0.497 e. The molecule has 1 aliphatic heterocycles. The molecule has 0 aliphatic carbocycles. The summed E-state index contributed by atoms with van der Waals surface area (Å²) in [5.74, 6) is 2.41. The van der Waals surface area contributed by atoms with Crippen molar-refractivity contribution in [1.82, 2.24) is 20.4 Å². The van der Waals surface area contributed by atoms with Gasteiger partial charge in [-0.3, -0.25) is 14.7 Å². The Morgan fingerprint density at radius 3 is 2.52 bits per heavy atom. The first-order chi connectivity index (χ1) is 14.6. The Labute approximate surface area is 205 Å². The Kier molecular flexibility index (Phi) is 12.9. The molecule has 1 fully saturated rings. The van der Waals surface area contributed by atoms with E-state index in [0.717, 1.165) is 57.3 Å². The van der Waals surface area contributed by atoms with E-state index in [1.54, 1.807) is 14.2 Å². The highest BCUT2D eigenvalue weighted by atomic mass is 127. The van der Waals surface area contributed by atoms with Gasteiger partial charge < -0.3 is 20.3 Å². The lowest BCUT2D eigenvalue weighted by molar-refractivity contribution is -0.121. The van der Waals surface area contributed by atoms with Crippen LogP contribution in [0.1, 0.15) is 44.7 Å². The monoisotopic (exact) mass is 545 g/mol. The zero-order chi connectivity index (χ0) is 21.9. The fourth-order valence-electron chi connectivity index (χ4n) is 4.20. The number of benzene rings is 1. The van der Waals surface area contributed by atoms with Crippen LogP contribution >= 0.6 is 24.0 Å². The largest absolute Gasteiger partial charge is 0.497 e. The molecule has 0 radical (unpaired) electrons. The molecular formula is C23H40IN5O2. The number of piperidine rings is 1. The SMILES string of the molecule is CCN(CC)C(CNC(=NC)N1CCC(CC(=O)NC)CC1)c1cccc(OC)c1.I. The number of halogens is 1. The second kappa shape index (κ2) is 14.5. The fraction of sp³-hybridized carbons (Fsp3) is 0.652. The summed E-state index contributed by atoms with van der Waals surface area (Å²) in [6.07, 6.45) is 2.66. The third-order valence-corrected chi connectivity index (χ3v) is 6.06. The highest BCUT2D eigenvalue weighted by Gasteiger charge is 2.24. The van der Waals surface area contributed by atoms with Gasteiger partial charge in [-0.15, -0.1) is 24.0 Å². The van der Waals surface area contributed by atoms with Gasteiger partial charge in [0, 0.05) is 40.2 Å². The van der Waals surface area contributed by atoms with Gasteiger partial charge in [0.2, 0.25) is 5.91 Å². The summed E-state index contributed by atoms with van der Waals surface area (Å²) < 4.78 is 5.44. The number of likely N-dealkylation sites (N-methyl/N-ethyl adjacent to an activating group) is 1. The number of amides is 1. The maximum atomic E-state index is 11.7. The number of aliphatic imine (C=N–C) groups is 1. The molecule has 7 nitrogen and oxygen atoms in total. The molecule has 31 heavy (non-hydrogen) atoms. The average molecular weight is 546 g/mol. The third-order valence-electron chi connectivity index (χ3n) is 6.06. The van der Waals surface area contributed by atoms with Gasteiger partial charge in [-0.1, -0.05) is 26.0 Å². The van der Waals surface area contributed by atoms with Crippen molar-refractivity contribution in [2.45, 2.75) is 39.2 Å². The van der Waals surface area contributed by atoms with Crippen molar-refractivity contribution in [1.29, 1.82) is 0 Å². The van der Waals surface area contributed by atoms with Gasteiger partial charge in [-0.25, -0.2) is 0 Å². The number of nitrogens with one attached hydrogen (secondary N) is 2. The van der Waals surface area contributed by atoms with Crippen molar-refractivity contribution < 1.29 is 9.53 Å². The van der Waals surface area contributed by atoms with E-state index in [0.29, 0.717) is 12.3 Å². The molecule has 0 saturated carbocycles. The lowest BCUT2D eigenvalue weighted by Crippen LogP contribution is -2.48. The Morgan fingerprint density at radius 1 is 1.29 bits per heavy atom. The van der Waals surface area contributed by atoms with Gasteiger partial charge in [0.15, 0.2) is 5.96 Å². The summed E-state index contributed by atoms with van der Waals surface area (Å²) in [6, 6.07) is 8.56. The first kappa shape index (κ1) is 27.5. The number of hydrogen-bond donors (Lipinski definition) is 2. The van der Waals surface area contributed by atoms with E-state index in [2.05, 4.69) is 57.5 Å². The molecule has 1 atom stereocenters. The number of rotatable bonds is 9. The summed E-state index contributed by atoms with van der Waals surface area (Å²) in [5, 5.41) is 6.34. The Hall–Kier alpha value is -1.55. The Balaban J connectivity index is 0.00000480. The van der Waals surface area contributed by atoms with Gasteiger partial charge in [0.1, 0.15) is 5.75 Å². The van der Waals surface area contributed by atoms with E-state index in [1.165, 1.54) is 5.56 Å². The normalized spacial score (nSPS) is 15.9. The number of carbonyl (C=O) groups is 1. The highest BCUT2D eigenvalue weighted by Crippen LogP contribution is 2.24. The van der Waals surface area contributed by atoms with Crippen LogP contribution in [-0.4, -0.2) is 75.6 Å². The summed E-state index contributed by atoms with van der Waals surface area (Å²) in [4.78, 5) is 20.9. The van der Waals surface area contributed by atoms with E-state index in [1.807, 2.05) is 13.1 Å². The minimum atomic E-state index is 0. The lowest BCUT2D eigenvalue weighted by Gasteiger charge is -2.36. The number of hydrogen-bond acceptors (Lipinski definition) is 4. The van der Waals surface area contributed by atoms with E-state index in [9.17, 15) is 4.79 Å². The Bertz CT molecular complexity index is 688. The predicted octanol–water partition coefficient (Wildman–Crippen LogP) is 3.12. The van der Waals surface area contributed by atoms with Crippen molar-refractivity contribution in [3.63, 3.8) is 0 Å². The molecule has 1 aromatic rings. The molecule has 176 valence electrons. The molecule has 8 heteroatoms. The van der Waals surface area contributed by atoms with Crippen molar-refractivity contribution in [3.8, 4) is 5.75 Å². The van der Waals surface area contributed by atoms with E-state index in [-0.39, 0.29) is 35.9 Å². The van der Waals surface area contributed by atoms with Crippen LogP contribution in [0.25, 0.3) is 0 Å². The fourth-order valence-corrected chi connectivity index (χ4v) is 4.20. The number of guanidine groups is 1. The van der Waals surface area contributed by atoms with Crippen LogP contribution in [0, 0.1) is 5.92 Å². The first-order valence-corrected chi connectivity index (χ1v) is 11.1. The molecule has 1 heterocycles. The van der Waals surface area contributed by atoms with E-state index >= 15 is 0 Å². The number of carbonyl (C=O) groups excluding carboxylic acids is 1. The Morgan fingerprint density at radius 2 is 1.97 bits per heavy atom. The lowest BCUT2D eigenvalue weighted by atomic mass is 9.93. The average Bonchev–Trinajstić information content (AvgIpc) is 2.79. The van der Waals surface area contributed by atoms with Crippen molar-refractivity contribution in [2.24, 2.45) is 10.9 Å². The molecule has 1 saturated heterocycles. The number of ether oxygens (including phenoxy) is 1. The molecule has 2 N–H and O–H groups in total. The third kappa shape index (κ3) is 8.14. The van der Waals surface area contributed by atoms with E-state index in [4.69, 9.17) is 4.74 Å². The maximum Gasteiger partial charge on any atom is 0.220 e. The minimum absolute atomic E-state index is 0. The number of nitrogens with zero attached hydrogens (tertiary/aromatic N) is 3. The zero-order valence-corrected chi connectivity index (χ0v) is 22.0. The van der Waals surface area contributed by atoms with Gasteiger partial charge >= 0.3 is 0 Å². The van der Waals surface area contributed by atoms with Gasteiger partial charge in [0.25, 0.3) is 0 Å². The standard InChI is InChI=1S/C23H39N5O2.HI/c1-6-27(7-2)21(19-9-8-10-20(16-19)30-5)17-26-23(25-4)28-13-11-18(12-14-28)15-22(29)24-3;/h8-10,16,18,21H,6-7,11-15,17H2,1-5H3,(H,24,29)(H,25,26);1H. The molecule has 1 amide bonds. The van der Waals surface area contributed by atoms with Crippen LogP contribution < -0.4 is 15.4 Å². The summed E-state index contributed by atoms with van der Waals surface area (Å²) in [5.41, 5.74) is 1.24. The molecule has 1 aromatic carbocycles. The number of methoxy groups -OCH3 is 1. The first-order valence-electron chi connectivity index (χ1n) is 11.1. The molecule has 1 aliphatic rings. The molecule has 0 spiro atoms. The van der Waals surface area contributed by atoms with Crippen LogP contribution in [0.3, 0.4) is 0 Å².